The van der Waals surface area contributed by atoms with E-state index in [4.69, 9.17) is 4.99 Å². The highest BCUT2D eigenvalue weighted by atomic mass is 127. The fraction of sp³-hybridized carbons (Fsp3) is 0.950. The average molecular weight is 477 g/mol. The average Bonchev–Trinajstić information content (AvgIpc) is 3.36. The number of hydrogen-bond donors (Lipinski definition) is 2. The van der Waals surface area contributed by atoms with Gasteiger partial charge in [-0.1, -0.05) is 6.42 Å². The Morgan fingerprint density at radius 2 is 1.92 bits per heavy atom. The minimum absolute atomic E-state index is 0. The second-order valence-electron chi connectivity index (χ2n) is 8.26. The number of likely N-dealkylation sites (tertiary alicyclic amines) is 2. The summed E-state index contributed by atoms with van der Waals surface area (Å²) in [6.45, 7) is 12.5. The fourth-order valence-electron chi connectivity index (χ4n) is 4.32. The molecule has 0 aromatic heterocycles. The molecule has 2 saturated heterocycles. The molecule has 2 atom stereocenters. The SMILES string of the molecule is CCNC(=NCC1CCN(C2CC2)C1)NCCCN1CCCCC1C.I. The molecule has 2 N–H and O–H groups in total. The van der Waals surface area contributed by atoms with Gasteiger partial charge in [0.25, 0.3) is 0 Å². The lowest BCUT2D eigenvalue weighted by Crippen LogP contribution is -2.41. The van der Waals surface area contributed by atoms with Crippen LogP contribution in [-0.2, 0) is 0 Å². The highest BCUT2D eigenvalue weighted by Gasteiger charge is 2.34. The molecule has 3 fully saturated rings. The van der Waals surface area contributed by atoms with E-state index in [-0.39, 0.29) is 24.0 Å². The summed E-state index contributed by atoms with van der Waals surface area (Å²) in [7, 11) is 0. The Labute approximate surface area is 177 Å². The maximum atomic E-state index is 4.86. The van der Waals surface area contributed by atoms with Gasteiger partial charge in [0.1, 0.15) is 0 Å². The smallest absolute Gasteiger partial charge is 0.191 e. The van der Waals surface area contributed by atoms with Crippen LogP contribution in [0.5, 0.6) is 0 Å². The van der Waals surface area contributed by atoms with Gasteiger partial charge in [0.05, 0.1) is 0 Å². The summed E-state index contributed by atoms with van der Waals surface area (Å²) < 4.78 is 0. The van der Waals surface area contributed by atoms with E-state index in [1.54, 1.807) is 0 Å². The molecule has 2 heterocycles. The molecule has 0 spiro atoms. The van der Waals surface area contributed by atoms with Crippen LogP contribution in [-0.4, -0.2) is 73.7 Å². The molecule has 5 nitrogen and oxygen atoms in total. The van der Waals surface area contributed by atoms with Crippen molar-refractivity contribution in [3.63, 3.8) is 0 Å². The van der Waals surface area contributed by atoms with Crippen LogP contribution in [0, 0.1) is 5.92 Å². The highest BCUT2D eigenvalue weighted by molar-refractivity contribution is 14.0. The Hall–Kier alpha value is -0.0800. The summed E-state index contributed by atoms with van der Waals surface area (Å²) >= 11 is 0. The first kappa shape index (κ1) is 22.2. The number of guanidine groups is 1. The molecule has 2 aliphatic heterocycles. The van der Waals surface area contributed by atoms with E-state index >= 15 is 0 Å². The largest absolute Gasteiger partial charge is 0.357 e. The number of aliphatic imine (C=N–C) groups is 1. The van der Waals surface area contributed by atoms with Crippen LogP contribution in [0.4, 0.5) is 0 Å². The summed E-state index contributed by atoms with van der Waals surface area (Å²) in [5, 5.41) is 6.96. The summed E-state index contributed by atoms with van der Waals surface area (Å²) in [5.41, 5.74) is 0. The third-order valence-electron chi connectivity index (χ3n) is 6.09. The predicted molar refractivity (Wildman–Crippen MR) is 122 cm³/mol. The van der Waals surface area contributed by atoms with Crippen molar-refractivity contribution in [1.29, 1.82) is 0 Å². The van der Waals surface area contributed by atoms with Crippen LogP contribution in [0.15, 0.2) is 4.99 Å². The van der Waals surface area contributed by atoms with E-state index in [2.05, 4.69) is 34.3 Å². The van der Waals surface area contributed by atoms with E-state index in [0.717, 1.165) is 43.6 Å². The van der Waals surface area contributed by atoms with Crippen molar-refractivity contribution in [3.8, 4) is 0 Å². The second-order valence-corrected chi connectivity index (χ2v) is 8.26. The lowest BCUT2D eigenvalue weighted by atomic mass is 10.0. The van der Waals surface area contributed by atoms with Gasteiger partial charge in [-0.05, 0) is 71.4 Å². The predicted octanol–water partition coefficient (Wildman–Crippen LogP) is 2.91. The molecular weight excluding hydrogens is 437 g/mol. The molecule has 1 aliphatic carbocycles. The molecule has 6 heteroatoms. The maximum Gasteiger partial charge on any atom is 0.191 e. The zero-order valence-electron chi connectivity index (χ0n) is 16.9. The van der Waals surface area contributed by atoms with Gasteiger partial charge < -0.3 is 20.4 Å². The fourth-order valence-corrected chi connectivity index (χ4v) is 4.32. The Balaban J connectivity index is 0.00000243. The maximum absolute atomic E-state index is 4.86. The molecule has 0 bridgehead atoms. The van der Waals surface area contributed by atoms with Crippen molar-refractivity contribution in [2.75, 3.05) is 45.8 Å². The van der Waals surface area contributed by atoms with E-state index in [1.165, 1.54) is 71.1 Å². The third kappa shape index (κ3) is 7.15. The van der Waals surface area contributed by atoms with Gasteiger partial charge in [0, 0.05) is 44.8 Å². The number of piperidine rings is 1. The monoisotopic (exact) mass is 477 g/mol. The van der Waals surface area contributed by atoms with Crippen LogP contribution in [0.3, 0.4) is 0 Å². The van der Waals surface area contributed by atoms with Gasteiger partial charge >= 0.3 is 0 Å². The number of rotatable bonds is 8. The minimum Gasteiger partial charge on any atom is -0.357 e. The summed E-state index contributed by atoms with van der Waals surface area (Å²) in [6.07, 6.45) is 9.54. The summed E-state index contributed by atoms with van der Waals surface area (Å²) in [6, 6.07) is 1.69. The molecule has 3 aliphatic rings. The molecule has 0 radical (unpaired) electrons. The molecule has 0 amide bonds. The molecule has 2 unspecified atom stereocenters. The zero-order valence-corrected chi connectivity index (χ0v) is 19.2. The number of hydrogen-bond acceptors (Lipinski definition) is 3. The van der Waals surface area contributed by atoms with E-state index < -0.39 is 0 Å². The lowest BCUT2D eigenvalue weighted by Gasteiger charge is -2.33. The first-order chi connectivity index (χ1) is 12.3. The van der Waals surface area contributed by atoms with Crippen molar-refractivity contribution in [2.45, 2.75) is 70.9 Å². The van der Waals surface area contributed by atoms with Crippen molar-refractivity contribution in [1.82, 2.24) is 20.4 Å². The first-order valence-corrected chi connectivity index (χ1v) is 10.8. The van der Waals surface area contributed by atoms with Crippen molar-refractivity contribution in [3.05, 3.63) is 0 Å². The van der Waals surface area contributed by atoms with Crippen LogP contribution in [0.1, 0.15) is 58.8 Å². The van der Waals surface area contributed by atoms with E-state index in [0.29, 0.717) is 0 Å². The minimum atomic E-state index is 0. The quantitative estimate of drug-likeness (QED) is 0.244. The van der Waals surface area contributed by atoms with Gasteiger partial charge in [-0.2, -0.15) is 0 Å². The van der Waals surface area contributed by atoms with Gasteiger partial charge in [-0.3, -0.25) is 4.99 Å². The summed E-state index contributed by atoms with van der Waals surface area (Å²) in [5.74, 6) is 1.77. The Morgan fingerprint density at radius 3 is 2.65 bits per heavy atom. The molecule has 26 heavy (non-hydrogen) atoms. The van der Waals surface area contributed by atoms with E-state index in [1.807, 2.05) is 0 Å². The molecule has 1 saturated carbocycles. The molecular formula is C20H40IN5. The topological polar surface area (TPSA) is 42.9 Å². The molecule has 0 aromatic rings. The zero-order chi connectivity index (χ0) is 17.5. The number of nitrogens with zero attached hydrogens (tertiary/aromatic N) is 3. The molecule has 152 valence electrons. The molecule has 0 aromatic carbocycles. The van der Waals surface area contributed by atoms with Gasteiger partial charge in [0.15, 0.2) is 5.96 Å². The van der Waals surface area contributed by atoms with Gasteiger partial charge in [-0.25, -0.2) is 0 Å². The lowest BCUT2D eigenvalue weighted by molar-refractivity contribution is 0.159. The van der Waals surface area contributed by atoms with Crippen LogP contribution >= 0.6 is 24.0 Å². The number of nitrogens with one attached hydrogen (secondary N) is 2. The third-order valence-corrected chi connectivity index (χ3v) is 6.09. The standard InChI is InChI=1S/C20H39N5.HI/c1-3-21-20(22-11-6-13-24-12-5-4-7-17(24)2)23-15-18-10-14-25(16-18)19-8-9-19;/h17-19H,3-16H2,1-2H3,(H2,21,22,23);1H. The van der Waals surface area contributed by atoms with E-state index in [9.17, 15) is 0 Å². The van der Waals surface area contributed by atoms with Crippen molar-refractivity contribution in [2.24, 2.45) is 10.9 Å². The second kappa shape index (κ2) is 11.7. The highest BCUT2D eigenvalue weighted by Crippen LogP contribution is 2.31. The number of halogens is 1. The van der Waals surface area contributed by atoms with Gasteiger partial charge in [0.2, 0.25) is 0 Å². The normalized spacial score (nSPS) is 28.0. The van der Waals surface area contributed by atoms with Crippen molar-refractivity contribution >= 4 is 29.9 Å². The van der Waals surface area contributed by atoms with Crippen LogP contribution < -0.4 is 10.6 Å². The Morgan fingerprint density at radius 1 is 1.08 bits per heavy atom. The Kier molecular flexibility index (Phi) is 9.99. The van der Waals surface area contributed by atoms with Crippen LogP contribution in [0.25, 0.3) is 0 Å². The summed E-state index contributed by atoms with van der Waals surface area (Å²) in [4.78, 5) is 10.2. The first-order valence-electron chi connectivity index (χ1n) is 10.8. The Bertz CT molecular complexity index is 426. The van der Waals surface area contributed by atoms with Crippen molar-refractivity contribution < 1.29 is 0 Å². The molecule has 3 rings (SSSR count). The van der Waals surface area contributed by atoms with Gasteiger partial charge in [-0.15, -0.1) is 24.0 Å². The van der Waals surface area contributed by atoms with Crippen LogP contribution in [0.2, 0.25) is 0 Å².